The predicted octanol–water partition coefficient (Wildman–Crippen LogP) is 5.33. The number of aromatic hydroxyl groups is 1. The van der Waals surface area contributed by atoms with E-state index in [1.165, 1.54) is 0 Å². The number of hydrogen-bond acceptors (Lipinski definition) is 5. The summed E-state index contributed by atoms with van der Waals surface area (Å²) in [6, 6.07) is 3.98. The SMILES string of the molecule is CCCCc1cc(CCC(=O)OCC(C)(C)C2OCC3(C)C[C@]3(C)CO2)cc(C)c1O. The first kappa shape index (κ1) is 24.1. The number of aryl methyl sites for hydroxylation is 3. The van der Waals surface area contributed by atoms with Gasteiger partial charge >= 0.3 is 5.97 Å². The smallest absolute Gasteiger partial charge is 0.306 e. The summed E-state index contributed by atoms with van der Waals surface area (Å²) in [7, 11) is 0. The molecule has 2 aliphatic rings. The first-order valence-electron chi connectivity index (χ1n) is 11.7. The van der Waals surface area contributed by atoms with E-state index in [-0.39, 0.29) is 29.7 Å². The summed E-state index contributed by atoms with van der Waals surface area (Å²) in [5.74, 6) is 0.162. The molecule has 1 aliphatic heterocycles. The summed E-state index contributed by atoms with van der Waals surface area (Å²) in [6.45, 7) is 14.2. The molecule has 1 saturated heterocycles. The van der Waals surface area contributed by atoms with Crippen molar-refractivity contribution in [3.05, 3.63) is 28.8 Å². The van der Waals surface area contributed by atoms with Gasteiger partial charge in [0.2, 0.25) is 0 Å². The Bertz CT molecular complexity index is 783. The van der Waals surface area contributed by atoms with Crippen molar-refractivity contribution in [3.8, 4) is 5.75 Å². The van der Waals surface area contributed by atoms with Crippen LogP contribution in [0.15, 0.2) is 12.1 Å². The Balaban J connectivity index is 1.49. The number of benzene rings is 1. The monoisotopic (exact) mass is 432 g/mol. The number of unbranched alkanes of at least 4 members (excludes halogenated alkanes) is 1. The molecule has 0 aromatic heterocycles. The fraction of sp³-hybridized carbons (Fsp3) is 0.731. The molecule has 0 bridgehead atoms. The Labute approximate surface area is 187 Å². The Morgan fingerprint density at radius 2 is 1.84 bits per heavy atom. The van der Waals surface area contributed by atoms with E-state index >= 15 is 0 Å². The Hall–Kier alpha value is -1.59. The van der Waals surface area contributed by atoms with E-state index in [2.05, 4.69) is 20.8 Å². The van der Waals surface area contributed by atoms with Crippen molar-refractivity contribution in [1.29, 1.82) is 0 Å². The third-order valence-corrected chi connectivity index (χ3v) is 7.32. The lowest BCUT2D eigenvalue weighted by Gasteiger charge is -2.33. The molecular formula is C26H40O5. The number of phenols is 1. The minimum atomic E-state index is -0.415. The molecule has 3 atom stereocenters. The first-order valence-corrected chi connectivity index (χ1v) is 11.7. The van der Waals surface area contributed by atoms with Gasteiger partial charge < -0.3 is 19.3 Å². The Morgan fingerprint density at radius 1 is 1.19 bits per heavy atom. The topological polar surface area (TPSA) is 65.0 Å². The molecule has 5 heteroatoms. The Morgan fingerprint density at radius 3 is 2.45 bits per heavy atom. The standard InChI is InChI=1S/C26H40O5/c1-7-8-9-20-13-19(12-18(2)22(20)28)10-11-21(27)29-15-24(3,4)23-30-16-25(5)14-26(25,6)17-31-23/h12-13,23,28H,7-11,14-17H2,1-6H3/t23?,25-,26?/m1/s1. The molecule has 3 rings (SSSR count). The quantitative estimate of drug-likeness (QED) is 0.534. The predicted molar refractivity (Wildman–Crippen MR) is 121 cm³/mol. The number of esters is 1. The van der Waals surface area contributed by atoms with Gasteiger partial charge in [0, 0.05) is 11.8 Å². The first-order chi connectivity index (χ1) is 14.5. The van der Waals surface area contributed by atoms with E-state index in [1.807, 2.05) is 32.9 Å². The van der Waals surface area contributed by atoms with Crippen molar-refractivity contribution in [1.82, 2.24) is 0 Å². The van der Waals surface area contributed by atoms with Crippen LogP contribution >= 0.6 is 0 Å². The van der Waals surface area contributed by atoms with Gasteiger partial charge in [0.1, 0.15) is 12.4 Å². The number of hydrogen-bond donors (Lipinski definition) is 1. The minimum Gasteiger partial charge on any atom is -0.507 e. The Kier molecular flexibility index (Phi) is 7.07. The second-order valence-electron chi connectivity index (χ2n) is 10.9. The van der Waals surface area contributed by atoms with Gasteiger partial charge in [-0.2, -0.15) is 0 Å². The van der Waals surface area contributed by atoms with Crippen molar-refractivity contribution >= 4 is 5.97 Å². The van der Waals surface area contributed by atoms with Crippen LogP contribution in [0.2, 0.25) is 0 Å². The van der Waals surface area contributed by atoms with Gasteiger partial charge in [0.25, 0.3) is 0 Å². The van der Waals surface area contributed by atoms with Crippen LogP contribution in [0.4, 0.5) is 0 Å². The highest BCUT2D eigenvalue weighted by Gasteiger charge is 2.63. The number of fused-ring (bicyclic) bond motifs is 1. The summed E-state index contributed by atoms with van der Waals surface area (Å²) >= 11 is 0. The molecule has 1 heterocycles. The van der Waals surface area contributed by atoms with Crippen molar-refractivity contribution in [2.45, 2.75) is 86.4 Å². The lowest BCUT2D eigenvalue weighted by molar-refractivity contribution is -0.210. The molecule has 1 saturated carbocycles. The van der Waals surface area contributed by atoms with Gasteiger partial charge in [0.05, 0.1) is 13.2 Å². The highest BCUT2D eigenvalue weighted by Crippen LogP contribution is 2.65. The van der Waals surface area contributed by atoms with Crippen LogP contribution in [0.1, 0.15) is 77.0 Å². The zero-order chi connectivity index (χ0) is 22.9. The molecule has 5 nitrogen and oxygen atoms in total. The largest absolute Gasteiger partial charge is 0.507 e. The maximum atomic E-state index is 12.4. The molecule has 0 amide bonds. The third kappa shape index (κ3) is 5.43. The van der Waals surface area contributed by atoms with Gasteiger partial charge in [-0.25, -0.2) is 0 Å². The second kappa shape index (κ2) is 9.11. The zero-order valence-electron chi connectivity index (χ0n) is 20.2. The highest BCUT2D eigenvalue weighted by atomic mass is 16.7. The molecule has 2 fully saturated rings. The maximum Gasteiger partial charge on any atom is 0.306 e. The van der Waals surface area contributed by atoms with Crippen LogP contribution in [-0.2, 0) is 31.8 Å². The molecule has 0 spiro atoms. The fourth-order valence-corrected chi connectivity index (χ4v) is 4.57. The van der Waals surface area contributed by atoms with Crippen LogP contribution in [0, 0.1) is 23.2 Å². The van der Waals surface area contributed by atoms with Crippen LogP contribution in [0.3, 0.4) is 0 Å². The molecule has 1 aromatic carbocycles. The number of carbonyl (C=O) groups is 1. The van der Waals surface area contributed by atoms with Crippen LogP contribution < -0.4 is 0 Å². The van der Waals surface area contributed by atoms with E-state index in [0.717, 1.165) is 42.4 Å². The average Bonchev–Trinajstić information content (AvgIpc) is 3.28. The summed E-state index contributed by atoms with van der Waals surface area (Å²) in [4.78, 5) is 12.4. The maximum absolute atomic E-state index is 12.4. The fourth-order valence-electron chi connectivity index (χ4n) is 4.57. The minimum absolute atomic E-state index is 0.201. The van der Waals surface area contributed by atoms with Crippen molar-refractivity contribution in [3.63, 3.8) is 0 Å². The summed E-state index contributed by atoms with van der Waals surface area (Å²) < 4.78 is 17.8. The highest BCUT2D eigenvalue weighted by molar-refractivity contribution is 5.69. The van der Waals surface area contributed by atoms with Crippen molar-refractivity contribution < 1.29 is 24.1 Å². The van der Waals surface area contributed by atoms with E-state index in [1.54, 1.807) is 0 Å². The van der Waals surface area contributed by atoms with Gasteiger partial charge in [-0.1, -0.05) is 53.2 Å². The molecule has 31 heavy (non-hydrogen) atoms. The average molecular weight is 433 g/mol. The number of ether oxygens (including phenoxy) is 3. The molecule has 2 unspecified atom stereocenters. The normalized spacial score (nSPS) is 28.0. The lowest BCUT2D eigenvalue weighted by atomic mass is 9.93. The van der Waals surface area contributed by atoms with Crippen LogP contribution in [-0.4, -0.2) is 37.2 Å². The molecule has 0 radical (unpaired) electrons. The summed E-state index contributed by atoms with van der Waals surface area (Å²) in [5.41, 5.74) is 2.88. The summed E-state index contributed by atoms with van der Waals surface area (Å²) in [6.07, 6.45) is 4.66. The van der Waals surface area contributed by atoms with Crippen LogP contribution in [0.25, 0.3) is 0 Å². The van der Waals surface area contributed by atoms with Gasteiger partial charge in [-0.15, -0.1) is 0 Å². The van der Waals surface area contributed by atoms with Gasteiger partial charge in [-0.05, 0) is 60.1 Å². The second-order valence-corrected chi connectivity index (χ2v) is 10.9. The van der Waals surface area contributed by atoms with Gasteiger partial charge in [-0.3, -0.25) is 4.79 Å². The van der Waals surface area contributed by atoms with E-state index in [4.69, 9.17) is 14.2 Å². The molecule has 1 aromatic rings. The molecule has 1 N–H and O–H groups in total. The zero-order valence-corrected chi connectivity index (χ0v) is 20.2. The lowest BCUT2D eigenvalue weighted by Crippen LogP contribution is -2.39. The molecule has 174 valence electrons. The van der Waals surface area contributed by atoms with Gasteiger partial charge in [0.15, 0.2) is 6.29 Å². The van der Waals surface area contributed by atoms with E-state index in [9.17, 15) is 9.90 Å². The van der Waals surface area contributed by atoms with Crippen molar-refractivity contribution in [2.75, 3.05) is 19.8 Å². The number of rotatable bonds is 9. The molecule has 1 aliphatic carbocycles. The summed E-state index contributed by atoms with van der Waals surface area (Å²) in [5, 5.41) is 10.3. The number of carbonyl (C=O) groups excluding carboxylic acids is 1. The van der Waals surface area contributed by atoms with E-state index in [0.29, 0.717) is 31.8 Å². The van der Waals surface area contributed by atoms with Crippen molar-refractivity contribution in [2.24, 2.45) is 16.2 Å². The van der Waals surface area contributed by atoms with E-state index < -0.39 is 5.41 Å². The number of phenolic OH excluding ortho intramolecular Hbond substituents is 1. The molecular weight excluding hydrogens is 392 g/mol. The third-order valence-electron chi connectivity index (χ3n) is 7.32. The van der Waals surface area contributed by atoms with Crippen LogP contribution in [0.5, 0.6) is 5.75 Å².